The highest BCUT2D eigenvalue weighted by Gasteiger charge is 2.08. The number of carbonyl (C=O) groups excluding carboxylic acids is 1. The van der Waals surface area contributed by atoms with E-state index in [-0.39, 0.29) is 22.8 Å². The largest absolute Gasteiger partial charge is 0.490 e. The third-order valence-electron chi connectivity index (χ3n) is 3.59. The Bertz CT molecular complexity index is 725. The van der Waals surface area contributed by atoms with Gasteiger partial charge in [-0.25, -0.2) is 0 Å². The molecule has 0 aliphatic heterocycles. The average Bonchev–Trinajstić information content (AvgIpc) is 2.62. The zero-order valence-corrected chi connectivity index (χ0v) is 18.0. The topological polar surface area (TPSA) is 29.5 Å². The van der Waals surface area contributed by atoms with E-state index in [0.29, 0.717) is 17.7 Å². The molecule has 0 aliphatic rings. The number of rotatable bonds is 9. The summed E-state index contributed by atoms with van der Waals surface area (Å²) in [6.07, 6.45) is 5.93. The summed E-state index contributed by atoms with van der Waals surface area (Å²) in [7, 11) is 2.04. The van der Waals surface area contributed by atoms with Gasteiger partial charge in [0, 0.05) is 28.7 Å². The molecule has 2 rings (SSSR count). The summed E-state index contributed by atoms with van der Waals surface area (Å²) in [6.45, 7) is 5.93. The first-order valence-electron chi connectivity index (χ1n) is 8.07. The summed E-state index contributed by atoms with van der Waals surface area (Å²) in [6, 6.07) is 14.6. The molecule has 2 aromatic rings. The van der Waals surface area contributed by atoms with Crippen LogP contribution in [0.5, 0.6) is 5.75 Å². The number of halogens is 2. The van der Waals surface area contributed by atoms with Crippen LogP contribution in [-0.4, -0.2) is 37.4 Å². The van der Waals surface area contributed by atoms with Gasteiger partial charge in [0.2, 0.25) is 0 Å². The number of hydrogen-bond acceptors (Lipinski definition) is 3. The van der Waals surface area contributed by atoms with Crippen molar-refractivity contribution in [3.8, 4) is 5.75 Å². The van der Waals surface area contributed by atoms with Crippen LogP contribution >= 0.6 is 32.9 Å². The summed E-state index contributed by atoms with van der Waals surface area (Å²) in [5.41, 5.74) is 1.32. The number of ketones is 1. The van der Waals surface area contributed by atoms with Crippen LogP contribution in [0.2, 0.25) is 0 Å². The second-order valence-corrected chi connectivity index (χ2v) is 6.57. The SMILES string of the molecule is Br.C=CCN(C)C/C=C/COc1ccc(C(=O)c2ccc(Br)cc2)cc1. The minimum Gasteiger partial charge on any atom is -0.490 e. The fourth-order valence-corrected chi connectivity index (χ4v) is 2.50. The van der Waals surface area contributed by atoms with Gasteiger partial charge in [0.15, 0.2) is 5.78 Å². The van der Waals surface area contributed by atoms with E-state index in [1.54, 1.807) is 12.1 Å². The van der Waals surface area contributed by atoms with Gasteiger partial charge in [-0.05, 0) is 55.6 Å². The maximum atomic E-state index is 12.4. The molecule has 0 heterocycles. The van der Waals surface area contributed by atoms with Gasteiger partial charge in [-0.15, -0.1) is 23.6 Å². The van der Waals surface area contributed by atoms with E-state index in [1.807, 2.05) is 55.6 Å². The molecule has 2 aromatic carbocycles. The summed E-state index contributed by atoms with van der Waals surface area (Å²) < 4.78 is 6.62. The smallest absolute Gasteiger partial charge is 0.193 e. The molecular formula is C21H23Br2NO2. The van der Waals surface area contributed by atoms with Crippen LogP contribution in [0.3, 0.4) is 0 Å². The lowest BCUT2D eigenvalue weighted by molar-refractivity contribution is 0.103. The second-order valence-electron chi connectivity index (χ2n) is 5.65. The predicted molar refractivity (Wildman–Crippen MR) is 117 cm³/mol. The quantitative estimate of drug-likeness (QED) is 0.359. The van der Waals surface area contributed by atoms with Gasteiger partial charge in [0.25, 0.3) is 0 Å². The van der Waals surface area contributed by atoms with E-state index in [9.17, 15) is 4.79 Å². The van der Waals surface area contributed by atoms with Crippen molar-refractivity contribution >= 4 is 38.7 Å². The molecule has 0 bridgehead atoms. The summed E-state index contributed by atoms with van der Waals surface area (Å²) in [5, 5.41) is 0. The van der Waals surface area contributed by atoms with Crippen LogP contribution in [-0.2, 0) is 0 Å². The van der Waals surface area contributed by atoms with Crippen molar-refractivity contribution in [2.75, 3.05) is 26.7 Å². The van der Waals surface area contributed by atoms with Crippen molar-refractivity contribution in [1.82, 2.24) is 4.90 Å². The lowest BCUT2D eigenvalue weighted by Crippen LogP contribution is -2.17. The minimum absolute atomic E-state index is 0. The first-order valence-corrected chi connectivity index (χ1v) is 8.87. The van der Waals surface area contributed by atoms with Crippen molar-refractivity contribution in [3.63, 3.8) is 0 Å². The molecule has 0 atom stereocenters. The minimum atomic E-state index is 0. The summed E-state index contributed by atoms with van der Waals surface area (Å²) >= 11 is 3.37. The molecule has 0 saturated carbocycles. The normalized spacial score (nSPS) is 10.6. The molecule has 0 aromatic heterocycles. The predicted octanol–water partition coefficient (Wildman–Crippen LogP) is 5.31. The van der Waals surface area contributed by atoms with Crippen molar-refractivity contribution in [3.05, 3.63) is 88.9 Å². The van der Waals surface area contributed by atoms with Gasteiger partial charge in [0.05, 0.1) is 0 Å². The monoisotopic (exact) mass is 479 g/mol. The van der Waals surface area contributed by atoms with Crippen LogP contribution < -0.4 is 4.74 Å². The molecule has 0 saturated heterocycles. The third kappa shape index (κ3) is 7.28. The Morgan fingerprint density at radius 2 is 1.62 bits per heavy atom. The molecule has 5 heteroatoms. The lowest BCUT2D eigenvalue weighted by atomic mass is 10.0. The Morgan fingerprint density at radius 1 is 1.04 bits per heavy atom. The number of carbonyl (C=O) groups is 1. The van der Waals surface area contributed by atoms with Crippen LogP contribution in [0.15, 0.2) is 77.8 Å². The van der Waals surface area contributed by atoms with Gasteiger partial charge >= 0.3 is 0 Å². The van der Waals surface area contributed by atoms with Gasteiger partial charge in [-0.3, -0.25) is 9.69 Å². The Kier molecular flexibility index (Phi) is 10.2. The number of benzene rings is 2. The zero-order valence-electron chi connectivity index (χ0n) is 14.7. The molecule has 0 amide bonds. The number of likely N-dealkylation sites (N-methyl/N-ethyl adjacent to an activating group) is 1. The number of ether oxygens (including phenoxy) is 1. The van der Waals surface area contributed by atoms with E-state index in [1.165, 1.54) is 0 Å². The highest BCUT2D eigenvalue weighted by atomic mass is 79.9. The Morgan fingerprint density at radius 3 is 2.19 bits per heavy atom. The average molecular weight is 481 g/mol. The van der Waals surface area contributed by atoms with E-state index >= 15 is 0 Å². The van der Waals surface area contributed by atoms with E-state index < -0.39 is 0 Å². The molecule has 0 N–H and O–H groups in total. The second kappa shape index (κ2) is 11.8. The molecule has 138 valence electrons. The molecular weight excluding hydrogens is 458 g/mol. The van der Waals surface area contributed by atoms with E-state index in [4.69, 9.17) is 4.74 Å². The third-order valence-corrected chi connectivity index (χ3v) is 4.12. The number of hydrogen-bond donors (Lipinski definition) is 0. The Labute approximate surface area is 174 Å². The fourth-order valence-electron chi connectivity index (χ4n) is 2.23. The summed E-state index contributed by atoms with van der Waals surface area (Å²) in [4.78, 5) is 14.6. The molecule has 0 unspecified atom stereocenters. The molecule has 0 radical (unpaired) electrons. The number of nitrogens with zero attached hydrogens (tertiary/aromatic N) is 1. The highest BCUT2D eigenvalue weighted by molar-refractivity contribution is 9.10. The lowest BCUT2D eigenvalue weighted by Gasteiger charge is -2.10. The standard InChI is InChI=1S/C21H22BrNO2.BrH/c1-3-14-23(2)15-4-5-16-25-20-12-8-18(9-13-20)21(24)17-6-10-19(22)11-7-17;/h3-13H,1,14-16H2,2H3;1H/b5-4+;. The maximum Gasteiger partial charge on any atom is 0.193 e. The maximum absolute atomic E-state index is 12.4. The van der Waals surface area contributed by atoms with Gasteiger partial charge in [-0.1, -0.05) is 34.2 Å². The van der Waals surface area contributed by atoms with Crippen molar-refractivity contribution < 1.29 is 9.53 Å². The van der Waals surface area contributed by atoms with Gasteiger partial charge in [0.1, 0.15) is 12.4 Å². The van der Waals surface area contributed by atoms with Crippen LogP contribution in [0.1, 0.15) is 15.9 Å². The van der Waals surface area contributed by atoms with Crippen LogP contribution in [0.4, 0.5) is 0 Å². The molecule has 0 spiro atoms. The van der Waals surface area contributed by atoms with Crippen molar-refractivity contribution in [2.24, 2.45) is 0 Å². The zero-order chi connectivity index (χ0) is 18.1. The first-order chi connectivity index (χ1) is 12.1. The fraction of sp³-hybridized carbons (Fsp3) is 0.190. The van der Waals surface area contributed by atoms with E-state index in [0.717, 1.165) is 23.3 Å². The Balaban J connectivity index is 0.00000338. The summed E-state index contributed by atoms with van der Waals surface area (Å²) in [5.74, 6) is 0.751. The molecule has 26 heavy (non-hydrogen) atoms. The van der Waals surface area contributed by atoms with Crippen LogP contribution in [0, 0.1) is 0 Å². The first kappa shape index (κ1) is 22.4. The van der Waals surface area contributed by atoms with Crippen LogP contribution in [0.25, 0.3) is 0 Å². The van der Waals surface area contributed by atoms with Gasteiger partial charge < -0.3 is 4.74 Å². The van der Waals surface area contributed by atoms with Gasteiger partial charge in [-0.2, -0.15) is 0 Å². The molecule has 0 aliphatic carbocycles. The van der Waals surface area contributed by atoms with Crippen molar-refractivity contribution in [2.45, 2.75) is 0 Å². The molecule has 3 nitrogen and oxygen atoms in total. The van der Waals surface area contributed by atoms with Crippen molar-refractivity contribution in [1.29, 1.82) is 0 Å². The highest BCUT2D eigenvalue weighted by Crippen LogP contribution is 2.17. The molecule has 0 fully saturated rings. The Hall–Kier alpha value is -1.69. The van der Waals surface area contributed by atoms with E-state index in [2.05, 4.69) is 33.5 Å².